The van der Waals surface area contributed by atoms with Gasteiger partial charge in [0.2, 0.25) is 0 Å². The van der Waals surface area contributed by atoms with Crippen LogP contribution in [0.4, 0.5) is 5.69 Å². The summed E-state index contributed by atoms with van der Waals surface area (Å²) < 4.78 is 0. The molecule has 140 valence electrons. The van der Waals surface area contributed by atoms with Crippen LogP contribution >= 0.6 is 23.2 Å². The Morgan fingerprint density at radius 1 is 0.821 bits per heavy atom. The molecule has 0 radical (unpaired) electrons. The average Bonchev–Trinajstić information content (AvgIpc) is 2.66. The molecule has 3 aromatic rings. The standard InChI is InChI=1S/C22H15Cl2NO3/c23-17-10-15(11-18(24)13-17)7-6-14-8-9-19(22(27)28)20(12-14)25-21(26)16-4-2-1-3-5-16/h1-13H,(H,25,26)(H,27,28)/b7-6+. The summed E-state index contributed by atoms with van der Waals surface area (Å²) in [7, 11) is 0. The molecule has 0 spiro atoms. The van der Waals surface area contributed by atoms with Gasteiger partial charge in [-0.25, -0.2) is 4.79 Å². The van der Waals surface area contributed by atoms with E-state index in [0.717, 1.165) is 5.56 Å². The van der Waals surface area contributed by atoms with E-state index >= 15 is 0 Å². The number of amides is 1. The van der Waals surface area contributed by atoms with Crippen LogP contribution in [0.2, 0.25) is 10.0 Å². The number of carbonyl (C=O) groups excluding carboxylic acids is 1. The zero-order valence-electron chi connectivity index (χ0n) is 14.5. The molecule has 3 aromatic carbocycles. The second kappa shape index (κ2) is 8.74. The molecule has 0 aromatic heterocycles. The van der Waals surface area contributed by atoms with E-state index in [9.17, 15) is 14.7 Å². The summed E-state index contributed by atoms with van der Waals surface area (Å²) in [5, 5.41) is 13.1. The predicted molar refractivity (Wildman–Crippen MR) is 113 cm³/mol. The number of halogens is 2. The lowest BCUT2D eigenvalue weighted by Gasteiger charge is -2.10. The molecule has 0 atom stereocenters. The fraction of sp³-hybridized carbons (Fsp3) is 0. The summed E-state index contributed by atoms with van der Waals surface area (Å²) in [5.41, 5.74) is 2.17. The van der Waals surface area contributed by atoms with E-state index in [-0.39, 0.29) is 17.2 Å². The van der Waals surface area contributed by atoms with Gasteiger partial charge in [-0.2, -0.15) is 0 Å². The Kier molecular flexibility index (Phi) is 6.14. The molecule has 0 aliphatic carbocycles. The van der Waals surface area contributed by atoms with Crippen LogP contribution in [-0.2, 0) is 0 Å². The Morgan fingerprint density at radius 3 is 2.11 bits per heavy atom. The Hall–Kier alpha value is -3.08. The van der Waals surface area contributed by atoms with E-state index in [2.05, 4.69) is 5.32 Å². The van der Waals surface area contributed by atoms with Crippen molar-refractivity contribution in [2.24, 2.45) is 0 Å². The molecule has 4 nitrogen and oxygen atoms in total. The quantitative estimate of drug-likeness (QED) is 0.497. The number of hydrogen-bond acceptors (Lipinski definition) is 2. The van der Waals surface area contributed by atoms with E-state index < -0.39 is 5.97 Å². The van der Waals surface area contributed by atoms with Gasteiger partial charge in [0.15, 0.2) is 0 Å². The highest BCUT2D eigenvalue weighted by Gasteiger charge is 2.14. The van der Waals surface area contributed by atoms with Crippen molar-refractivity contribution in [1.29, 1.82) is 0 Å². The lowest BCUT2D eigenvalue weighted by atomic mass is 10.1. The van der Waals surface area contributed by atoms with E-state index in [4.69, 9.17) is 23.2 Å². The smallest absolute Gasteiger partial charge is 0.337 e. The highest BCUT2D eigenvalue weighted by molar-refractivity contribution is 6.34. The van der Waals surface area contributed by atoms with Gasteiger partial charge < -0.3 is 10.4 Å². The number of carboxylic acids is 1. The summed E-state index contributed by atoms with van der Waals surface area (Å²) in [6, 6.07) is 18.5. The molecule has 0 aliphatic heterocycles. The minimum absolute atomic E-state index is 0.00670. The summed E-state index contributed by atoms with van der Waals surface area (Å²) in [6.07, 6.45) is 3.59. The monoisotopic (exact) mass is 411 g/mol. The van der Waals surface area contributed by atoms with Crippen LogP contribution in [0.25, 0.3) is 12.2 Å². The fourth-order valence-electron chi connectivity index (χ4n) is 2.60. The van der Waals surface area contributed by atoms with Crippen LogP contribution in [0, 0.1) is 0 Å². The van der Waals surface area contributed by atoms with Crippen LogP contribution in [-0.4, -0.2) is 17.0 Å². The first-order chi connectivity index (χ1) is 13.4. The maximum absolute atomic E-state index is 12.4. The van der Waals surface area contributed by atoms with Crippen LogP contribution in [0.15, 0.2) is 66.7 Å². The third kappa shape index (κ3) is 5.00. The summed E-state index contributed by atoms with van der Waals surface area (Å²) in [4.78, 5) is 23.9. The van der Waals surface area contributed by atoms with Crippen LogP contribution in [0.1, 0.15) is 31.8 Å². The molecular formula is C22H15Cl2NO3. The molecule has 1 amide bonds. The van der Waals surface area contributed by atoms with E-state index in [1.165, 1.54) is 6.07 Å². The normalized spacial score (nSPS) is 10.8. The molecule has 0 saturated heterocycles. The second-order valence-electron chi connectivity index (χ2n) is 5.97. The number of hydrogen-bond donors (Lipinski definition) is 2. The number of rotatable bonds is 5. The molecule has 2 N–H and O–H groups in total. The van der Waals surface area contributed by atoms with Crippen molar-refractivity contribution in [3.8, 4) is 0 Å². The molecule has 0 heterocycles. The largest absolute Gasteiger partial charge is 0.478 e. The third-order valence-electron chi connectivity index (χ3n) is 3.91. The Morgan fingerprint density at radius 2 is 1.46 bits per heavy atom. The Balaban J connectivity index is 1.90. The van der Waals surface area contributed by atoms with Gasteiger partial charge in [-0.15, -0.1) is 0 Å². The third-order valence-corrected chi connectivity index (χ3v) is 4.35. The molecular weight excluding hydrogens is 397 g/mol. The highest BCUT2D eigenvalue weighted by Crippen LogP contribution is 2.23. The van der Waals surface area contributed by atoms with E-state index in [1.54, 1.807) is 72.8 Å². The molecule has 0 fully saturated rings. The number of carboxylic acid groups (broad SMARTS) is 1. The van der Waals surface area contributed by atoms with Crippen molar-refractivity contribution < 1.29 is 14.7 Å². The van der Waals surface area contributed by atoms with Gasteiger partial charge in [0.05, 0.1) is 11.3 Å². The average molecular weight is 412 g/mol. The zero-order chi connectivity index (χ0) is 20.1. The first-order valence-corrected chi connectivity index (χ1v) is 9.06. The summed E-state index contributed by atoms with van der Waals surface area (Å²) in [5.74, 6) is -1.51. The lowest BCUT2D eigenvalue weighted by Crippen LogP contribution is -2.14. The van der Waals surface area contributed by atoms with Crippen molar-refractivity contribution in [1.82, 2.24) is 0 Å². The lowest BCUT2D eigenvalue weighted by molar-refractivity contribution is 0.0698. The fourth-order valence-corrected chi connectivity index (χ4v) is 3.15. The highest BCUT2D eigenvalue weighted by atomic mass is 35.5. The Bertz CT molecular complexity index is 1040. The minimum Gasteiger partial charge on any atom is -0.478 e. The van der Waals surface area contributed by atoms with Gasteiger partial charge in [0.1, 0.15) is 0 Å². The van der Waals surface area contributed by atoms with Gasteiger partial charge >= 0.3 is 5.97 Å². The first kappa shape index (κ1) is 19.7. The van der Waals surface area contributed by atoms with Gasteiger partial charge in [0.25, 0.3) is 5.91 Å². The van der Waals surface area contributed by atoms with Crippen molar-refractivity contribution in [2.45, 2.75) is 0 Å². The molecule has 3 rings (SSSR count). The molecule has 28 heavy (non-hydrogen) atoms. The van der Waals surface area contributed by atoms with Gasteiger partial charge in [-0.05, 0) is 53.6 Å². The van der Waals surface area contributed by atoms with Crippen LogP contribution in [0.5, 0.6) is 0 Å². The van der Waals surface area contributed by atoms with Crippen LogP contribution < -0.4 is 5.32 Å². The van der Waals surface area contributed by atoms with Crippen molar-refractivity contribution in [3.05, 3.63) is 99.0 Å². The van der Waals surface area contributed by atoms with Crippen molar-refractivity contribution in [3.63, 3.8) is 0 Å². The van der Waals surface area contributed by atoms with E-state index in [1.807, 2.05) is 0 Å². The zero-order valence-corrected chi connectivity index (χ0v) is 16.0. The predicted octanol–water partition coefficient (Wildman–Crippen LogP) is 6.11. The number of anilines is 1. The first-order valence-electron chi connectivity index (χ1n) is 8.30. The number of aromatic carboxylic acids is 1. The van der Waals surface area contributed by atoms with Gasteiger partial charge in [0, 0.05) is 15.6 Å². The van der Waals surface area contributed by atoms with Crippen LogP contribution in [0.3, 0.4) is 0 Å². The van der Waals surface area contributed by atoms with Gasteiger partial charge in [-0.3, -0.25) is 4.79 Å². The minimum atomic E-state index is -1.12. The number of benzene rings is 3. The van der Waals surface area contributed by atoms with Gasteiger partial charge in [-0.1, -0.05) is 59.6 Å². The van der Waals surface area contributed by atoms with E-state index in [0.29, 0.717) is 21.2 Å². The molecule has 0 saturated carbocycles. The molecule has 0 bridgehead atoms. The SMILES string of the molecule is O=C(Nc1cc(/C=C/c2cc(Cl)cc(Cl)c2)ccc1C(=O)O)c1ccccc1. The maximum atomic E-state index is 12.4. The molecule has 0 aliphatic rings. The number of nitrogens with one attached hydrogen (secondary N) is 1. The van der Waals surface area contributed by atoms with Crippen molar-refractivity contribution >= 4 is 52.9 Å². The topological polar surface area (TPSA) is 66.4 Å². The van der Waals surface area contributed by atoms with Crippen molar-refractivity contribution in [2.75, 3.05) is 5.32 Å². The molecule has 0 unspecified atom stereocenters. The summed E-state index contributed by atoms with van der Waals surface area (Å²) >= 11 is 12.0. The summed E-state index contributed by atoms with van der Waals surface area (Å²) in [6.45, 7) is 0. The Labute approximate surface area is 172 Å². The maximum Gasteiger partial charge on any atom is 0.337 e. The molecule has 6 heteroatoms. The second-order valence-corrected chi connectivity index (χ2v) is 6.84. The number of carbonyl (C=O) groups is 2.